The third-order valence-corrected chi connectivity index (χ3v) is 4.72. The standard InChI is InChI=1S/C27H21N3O2/c1-20-9-16-25(29-26(20)30-27(31)32-19-23-6-3-2-4-7-23)24-14-12-21(13-15-24)10-11-22-8-5-17-28-18-22/h2-9,12-18H,19H2,1H3,(H,29,30,31). The van der Waals surface area contributed by atoms with E-state index in [-0.39, 0.29) is 6.61 Å². The molecule has 2 aromatic heterocycles. The number of aromatic nitrogens is 2. The van der Waals surface area contributed by atoms with Gasteiger partial charge in [0.05, 0.1) is 5.69 Å². The van der Waals surface area contributed by atoms with Crippen LogP contribution in [0.4, 0.5) is 10.6 Å². The Labute approximate surface area is 187 Å². The lowest BCUT2D eigenvalue weighted by Crippen LogP contribution is -2.15. The molecule has 0 fully saturated rings. The Bertz CT molecular complexity index is 1260. The number of nitrogens with one attached hydrogen (secondary N) is 1. The molecule has 0 aliphatic heterocycles. The Balaban J connectivity index is 1.44. The number of benzene rings is 2. The summed E-state index contributed by atoms with van der Waals surface area (Å²) < 4.78 is 5.30. The number of aryl methyl sites for hydroxylation is 1. The minimum Gasteiger partial charge on any atom is -0.444 e. The van der Waals surface area contributed by atoms with Crippen molar-refractivity contribution in [2.75, 3.05) is 5.32 Å². The summed E-state index contributed by atoms with van der Waals surface area (Å²) in [7, 11) is 0. The van der Waals surface area contributed by atoms with E-state index in [2.05, 4.69) is 27.1 Å². The molecular weight excluding hydrogens is 398 g/mol. The highest BCUT2D eigenvalue weighted by Gasteiger charge is 2.09. The molecule has 2 heterocycles. The molecule has 2 aromatic carbocycles. The monoisotopic (exact) mass is 419 g/mol. The largest absolute Gasteiger partial charge is 0.444 e. The number of carbonyl (C=O) groups excluding carboxylic acids is 1. The van der Waals surface area contributed by atoms with Crippen molar-refractivity contribution in [3.8, 4) is 23.1 Å². The molecule has 5 heteroatoms. The van der Waals surface area contributed by atoms with Gasteiger partial charge in [-0.3, -0.25) is 10.3 Å². The van der Waals surface area contributed by atoms with Crippen molar-refractivity contribution in [1.82, 2.24) is 9.97 Å². The summed E-state index contributed by atoms with van der Waals surface area (Å²) in [4.78, 5) is 20.9. The van der Waals surface area contributed by atoms with Crippen LogP contribution in [0.3, 0.4) is 0 Å². The van der Waals surface area contributed by atoms with Crippen LogP contribution in [0.15, 0.2) is 91.3 Å². The first-order valence-electron chi connectivity index (χ1n) is 10.2. The van der Waals surface area contributed by atoms with Gasteiger partial charge in [0.2, 0.25) is 0 Å². The molecular formula is C27H21N3O2. The number of ether oxygens (including phenoxy) is 1. The summed E-state index contributed by atoms with van der Waals surface area (Å²) in [6.07, 6.45) is 2.92. The van der Waals surface area contributed by atoms with Crippen molar-refractivity contribution < 1.29 is 9.53 Å². The van der Waals surface area contributed by atoms with Gasteiger partial charge in [0.25, 0.3) is 0 Å². The predicted octanol–water partition coefficient (Wildman–Crippen LogP) is 5.60. The zero-order chi connectivity index (χ0) is 22.2. The summed E-state index contributed by atoms with van der Waals surface area (Å²) in [6, 6.07) is 25.0. The third-order valence-electron chi connectivity index (χ3n) is 4.72. The van der Waals surface area contributed by atoms with Crippen LogP contribution < -0.4 is 5.32 Å². The average Bonchev–Trinajstić information content (AvgIpc) is 2.84. The smallest absolute Gasteiger partial charge is 0.413 e. The summed E-state index contributed by atoms with van der Waals surface area (Å²) in [5.41, 5.74) is 5.22. The molecule has 0 saturated heterocycles. The Kier molecular flexibility index (Phi) is 6.54. The van der Waals surface area contributed by atoms with Crippen molar-refractivity contribution >= 4 is 11.9 Å². The second-order valence-corrected chi connectivity index (χ2v) is 7.12. The van der Waals surface area contributed by atoms with Gasteiger partial charge in [0.1, 0.15) is 12.4 Å². The third kappa shape index (κ3) is 5.59. The van der Waals surface area contributed by atoms with E-state index in [1.165, 1.54) is 0 Å². The normalized spacial score (nSPS) is 10.0. The van der Waals surface area contributed by atoms with Crippen LogP contribution in [0.5, 0.6) is 0 Å². The van der Waals surface area contributed by atoms with Crippen molar-refractivity contribution in [3.05, 3.63) is 114 Å². The van der Waals surface area contributed by atoms with Gasteiger partial charge >= 0.3 is 6.09 Å². The number of hydrogen-bond donors (Lipinski definition) is 1. The number of rotatable bonds is 4. The first kappa shape index (κ1) is 20.8. The van der Waals surface area contributed by atoms with E-state index in [0.717, 1.165) is 33.5 Å². The van der Waals surface area contributed by atoms with Gasteiger partial charge in [-0.15, -0.1) is 0 Å². The fourth-order valence-corrected chi connectivity index (χ4v) is 2.98. The number of anilines is 1. The van der Waals surface area contributed by atoms with E-state index in [4.69, 9.17) is 4.74 Å². The number of carbonyl (C=O) groups is 1. The molecule has 32 heavy (non-hydrogen) atoms. The summed E-state index contributed by atoms with van der Waals surface area (Å²) in [6.45, 7) is 2.09. The van der Waals surface area contributed by atoms with E-state index < -0.39 is 6.09 Å². The van der Waals surface area contributed by atoms with Gasteiger partial charge in [-0.1, -0.05) is 60.4 Å². The molecule has 0 bridgehead atoms. The molecule has 1 amide bonds. The second-order valence-electron chi connectivity index (χ2n) is 7.12. The van der Waals surface area contributed by atoms with Crippen molar-refractivity contribution in [2.45, 2.75) is 13.5 Å². The van der Waals surface area contributed by atoms with Crippen LogP contribution >= 0.6 is 0 Å². The van der Waals surface area contributed by atoms with E-state index in [1.54, 1.807) is 12.4 Å². The lowest BCUT2D eigenvalue weighted by atomic mass is 10.1. The lowest BCUT2D eigenvalue weighted by molar-refractivity contribution is 0.155. The van der Waals surface area contributed by atoms with Gasteiger partial charge < -0.3 is 4.74 Å². The molecule has 0 atom stereocenters. The van der Waals surface area contributed by atoms with Crippen LogP contribution in [-0.4, -0.2) is 16.1 Å². The molecule has 4 rings (SSSR count). The highest BCUT2D eigenvalue weighted by molar-refractivity contribution is 5.84. The minimum absolute atomic E-state index is 0.201. The molecule has 0 spiro atoms. The fraction of sp³-hybridized carbons (Fsp3) is 0.0741. The summed E-state index contributed by atoms with van der Waals surface area (Å²) >= 11 is 0. The predicted molar refractivity (Wildman–Crippen MR) is 125 cm³/mol. The molecule has 0 radical (unpaired) electrons. The van der Waals surface area contributed by atoms with Crippen LogP contribution in [0, 0.1) is 18.8 Å². The minimum atomic E-state index is -0.539. The van der Waals surface area contributed by atoms with Gasteiger partial charge in [-0.2, -0.15) is 0 Å². The number of hydrogen-bond acceptors (Lipinski definition) is 4. The lowest BCUT2D eigenvalue weighted by Gasteiger charge is -2.10. The average molecular weight is 419 g/mol. The van der Waals surface area contributed by atoms with Crippen LogP contribution in [-0.2, 0) is 11.3 Å². The Morgan fingerprint density at radius 2 is 1.69 bits per heavy atom. The summed E-state index contributed by atoms with van der Waals surface area (Å²) in [5.74, 6) is 6.70. The van der Waals surface area contributed by atoms with Crippen LogP contribution in [0.1, 0.15) is 22.3 Å². The summed E-state index contributed by atoms with van der Waals surface area (Å²) in [5, 5.41) is 2.74. The van der Waals surface area contributed by atoms with Gasteiger partial charge in [0.15, 0.2) is 0 Å². The molecule has 1 N–H and O–H groups in total. The first-order valence-corrected chi connectivity index (χ1v) is 10.2. The maximum absolute atomic E-state index is 12.2. The molecule has 0 saturated carbocycles. The van der Waals surface area contributed by atoms with Crippen LogP contribution in [0.2, 0.25) is 0 Å². The maximum atomic E-state index is 12.2. The van der Waals surface area contributed by atoms with E-state index in [1.807, 2.05) is 85.8 Å². The second kappa shape index (κ2) is 10.1. The molecule has 0 unspecified atom stereocenters. The first-order chi connectivity index (χ1) is 15.7. The number of pyridine rings is 2. The Hall–Kier alpha value is -4.43. The molecule has 0 aliphatic carbocycles. The van der Waals surface area contributed by atoms with E-state index >= 15 is 0 Å². The molecule has 0 aliphatic rings. The van der Waals surface area contributed by atoms with Crippen LogP contribution in [0.25, 0.3) is 11.3 Å². The van der Waals surface area contributed by atoms with Crippen molar-refractivity contribution in [2.24, 2.45) is 0 Å². The quantitative estimate of drug-likeness (QED) is 0.437. The van der Waals surface area contributed by atoms with E-state index in [9.17, 15) is 4.79 Å². The topological polar surface area (TPSA) is 64.1 Å². The highest BCUT2D eigenvalue weighted by Crippen LogP contribution is 2.22. The molecule has 4 aromatic rings. The fourth-order valence-electron chi connectivity index (χ4n) is 2.98. The Morgan fingerprint density at radius 3 is 2.44 bits per heavy atom. The van der Waals surface area contributed by atoms with E-state index in [0.29, 0.717) is 5.82 Å². The zero-order valence-electron chi connectivity index (χ0n) is 17.6. The highest BCUT2D eigenvalue weighted by atomic mass is 16.5. The van der Waals surface area contributed by atoms with Gasteiger partial charge in [0, 0.05) is 29.1 Å². The van der Waals surface area contributed by atoms with Gasteiger partial charge in [-0.05, 0) is 48.4 Å². The van der Waals surface area contributed by atoms with Crippen molar-refractivity contribution in [1.29, 1.82) is 0 Å². The zero-order valence-corrected chi connectivity index (χ0v) is 17.6. The van der Waals surface area contributed by atoms with Gasteiger partial charge in [-0.25, -0.2) is 9.78 Å². The number of nitrogens with zero attached hydrogens (tertiary/aromatic N) is 2. The Morgan fingerprint density at radius 1 is 0.906 bits per heavy atom. The number of amides is 1. The maximum Gasteiger partial charge on any atom is 0.413 e. The SMILES string of the molecule is Cc1ccc(-c2ccc(C#Cc3cccnc3)cc2)nc1NC(=O)OCc1ccccc1. The molecule has 5 nitrogen and oxygen atoms in total. The van der Waals surface area contributed by atoms with Crippen molar-refractivity contribution in [3.63, 3.8) is 0 Å². The molecule has 156 valence electrons.